The Labute approximate surface area is 212 Å². The zero-order chi connectivity index (χ0) is 24.1. The highest BCUT2D eigenvalue weighted by atomic mass is 35.5. The van der Waals surface area contributed by atoms with Crippen LogP contribution in [-0.4, -0.2) is 69.2 Å². The molecule has 0 aliphatic carbocycles. The number of ether oxygens (including phenoxy) is 2. The summed E-state index contributed by atoms with van der Waals surface area (Å²) in [7, 11) is 0. The van der Waals surface area contributed by atoms with Gasteiger partial charge in [-0.3, -0.25) is 9.55 Å². The molecule has 3 aromatic heterocycles. The smallest absolute Gasteiger partial charge is 0.163 e. The van der Waals surface area contributed by atoms with Crippen LogP contribution in [0.2, 0.25) is 5.02 Å². The number of nitrogens with zero attached hydrogens (tertiary/aromatic N) is 6. The van der Waals surface area contributed by atoms with Crippen LogP contribution < -0.4 is 4.90 Å². The number of H-pyrrole nitrogens is 1. The van der Waals surface area contributed by atoms with Gasteiger partial charge in [0.2, 0.25) is 0 Å². The lowest BCUT2D eigenvalue weighted by Crippen LogP contribution is -2.36. The first-order valence-corrected chi connectivity index (χ1v) is 12.5. The van der Waals surface area contributed by atoms with E-state index in [0.717, 1.165) is 70.8 Å². The van der Waals surface area contributed by atoms with E-state index >= 15 is 0 Å². The molecule has 1 atom stereocenters. The Hall–Kier alpha value is -3.53. The van der Waals surface area contributed by atoms with E-state index in [2.05, 4.69) is 47.8 Å². The van der Waals surface area contributed by atoms with Crippen LogP contribution in [-0.2, 0) is 9.47 Å². The maximum atomic E-state index is 6.55. The lowest BCUT2D eigenvalue weighted by Gasteiger charge is -2.29. The summed E-state index contributed by atoms with van der Waals surface area (Å²) >= 11 is 6.55. The number of para-hydroxylation sites is 1. The molecule has 2 fully saturated rings. The predicted molar refractivity (Wildman–Crippen MR) is 138 cm³/mol. The van der Waals surface area contributed by atoms with Crippen molar-refractivity contribution >= 4 is 39.2 Å². The second-order valence-electron chi connectivity index (χ2n) is 9.13. The van der Waals surface area contributed by atoms with Crippen LogP contribution in [0.4, 0.5) is 5.69 Å². The topological polar surface area (TPSA) is 94.0 Å². The second-order valence-corrected chi connectivity index (χ2v) is 9.54. The zero-order valence-electron chi connectivity index (χ0n) is 19.5. The highest BCUT2D eigenvalue weighted by Crippen LogP contribution is 2.39. The average molecular weight is 502 g/mol. The van der Waals surface area contributed by atoms with Crippen LogP contribution in [0.1, 0.15) is 18.2 Å². The summed E-state index contributed by atoms with van der Waals surface area (Å²) in [6.07, 6.45) is 4.33. The van der Waals surface area contributed by atoms with Crippen molar-refractivity contribution in [1.82, 2.24) is 29.7 Å². The Morgan fingerprint density at radius 2 is 1.94 bits per heavy atom. The summed E-state index contributed by atoms with van der Waals surface area (Å²) in [4.78, 5) is 15.3. The number of fused-ring (bicyclic) bond motifs is 2. The first kappa shape index (κ1) is 21.7. The van der Waals surface area contributed by atoms with Gasteiger partial charge in [-0.15, -0.1) is 10.2 Å². The van der Waals surface area contributed by atoms with Gasteiger partial charge >= 0.3 is 0 Å². The monoisotopic (exact) mass is 501 g/mol. The van der Waals surface area contributed by atoms with Crippen LogP contribution in [0.5, 0.6) is 0 Å². The fraction of sp³-hybridized carbons (Fsp3) is 0.308. The zero-order valence-corrected chi connectivity index (χ0v) is 20.3. The lowest BCUT2D eigenvalue weighted by molar-refractivity contribution is 0.122. The van der Waals surface area contributed by atoms with Crippen LogP contribution in [0.25, 0.3) is 39.0 Å². The normalized spacial score (nSPS) is 18.5. The van der Waals surface area contributed by atoms with Gasteiger partial charge in [-0.25, -0.2) is 4.98 Å². The summed E-state index contributed by atoms with van der Waals surface area (Å²) in [5.74, 6) is 1.83. The number of aromatic amines is 1. The third kappa shape index (κ3) is 3.54. The minimum atomic E-state index is 0.175. The second kappa shape index (κ2) is 8.85. The maximum Gasteiger partial charge on any atom is 0.163 e. The fourth-order valence-corrected chi connectivity index (χ4v) is 5.51. The molecule has 182 valence electrons. The summed E-state index contributed by atoms with van der Waals surface area (Å²) < 4.78 is 13.7. The molecule has 0 spiro atoms. The quantitative estimate of drug-likeness (QED) is 0.391. The number of imidazole rings is 1. The van der Waals surface area contributed by atoms with Gasteiger partial charge in [0.1, 0.15) is 17.7 Å². The molecule has 2 aliphatic heterocycles. The number of aromatic nitrogens is 6. The number of benzene rings is 2. The molecule has 1 unspecified atom stereocenters. The Morgan fingerprint density at radius 3 is 2.75 bits per heavy atom. The van der Waals surface area contributed by atoms with Crippen molar-refractivity contribution in [3.8, 4) is 17.1 Å². The molecule has 0 saturated carbocycles. The number of hydrogen-bond donors (Lipinski definition) is 1. The van der Waals surface area contributed by atoms with Gasteiger partial charge in [-0.05, 0) is 30.7 Å². The number of halogens is 1. The standard InChI is InChI=1S/C26H24ClN7O2/c27-20-3-1-2-18-21(4-6-28-23(18)20)34-22-13-17(33-7-10-35-11-8-33)12-19(25-29-15-30-32-25)24(22)31-26(34)16-5-9-36-14-16/h1-4,6,12-13,15-16H,5,7-11,14H2,(H,29,30,32). The molecule has 5 aromatic rings. The SMILES string of the molecule is Clc1cccc2c(-n3c(C4CCOC4)nc4c(-c5nnc[nH]5)cc(N5CCOCC5)cc43)ccnc12. The maximum absolute atomic E-state index is 6.55. The summed E-state index contributed by atoms with van der Waals surface area (Å²) in [5.41, 5.74) is 5.66. The molecule has 0 bridgehead atoms. The van der Waals surface area contributed by atoms with Gasteiger partial charge in [-0.2, -0.15) is 0 Å². The van der Waals surface area contributed by atoms with Crippen molar-refractivity contribution in [1.29, 1.82) is 0 Å². The molecule has 5 heterocycles. The molecule has 0 amide bonds. The molecule has 10 heteroatoms. The van der Waals surface area contributed by atoms with E-state index in [1.807, 2.05) is 24.4 Å². The predicted octanol–water partition coefficient (Wildman–Crippen LogP) is 4.35. The van der Waals surface area contributed by atoms with Crippen LogP contribution in [0.15, 0.2) is 48.9 Å². The Bertz CT molecular complexity index is 1550. The van der Waals surface area contributed by atoms with Crippen molar-refractivity contribution < 1.29 is 9.47 Å². The van der Waals surface area contributed by atoms with E-state index in [1.165, 1.54) is 0 Å². The molecule has 2 aromatic carbocycles. The van der Waals surface area contributed by atoms with Gasteiger partial charge in [0.05, 0.1) is 41.6 Å². The fourth-order valence-electron chi connectivity index (χ4n) is 5.29. The highest BCUT2D eigenvalue weighted by Gasteiger charge is 2.28. The number of pyridine rings is 1. The number of morpholine rings is 1. The summed E-state index contributed by atoms with van der Waals surface area (Å²) in [6, 6.07) is 12.3. The van der Waals surface area contributed by atoms with Gasteiger partial charge in [0.25, 0.3) is 0 Å². The molecular weight excluding hydrogens is 478 g/mol. The molecule has 9 nitrogen and oxygen atoms in total. The molecular formula is C26H24ClN7O2. The Morgan fingerprint density at radius 1 is 1.03 bits per heavy atom. The largest absolute Gasteiger partial charge is 0.381 e. The molecule has 7 rings (SSSR count). The van der Waals surface area contributed by atoms with Gasteiger partial charge in [0, 0.05) is 48.4 Å². The van der Waals surface area contributed by atoms with E-state index in [-0.39, 0.29) is 5.92 Å². The third-order valence-electron chi connectivity index (χ3n) is 7.05. The number of anilines is 1. The highest BCUT2D eigenvalue weighted by molar-refractivity contribution is 6.35. The molecule has 2 saturated heterocycles. The van der Waals surface area contributed by atoms with Crippen LogP contribution in [0.3, 0.4) is 0 Å². The first-order valence-electron chi connectivity index (χ1n) is 12.1. The first-order chi connectivity index (χ1) is 17.8. The molecule has 2 aliphatic rings. The van der Waals surface area contributed by atoms with E-state index in [4.69, 9.17) is 26.1 Å². The van der Waals surface area contributed by atoms with Crippen molar-refractivity contribution in [3.05, 3.63) is 59.8 Å². The van der Waals surface area contributed by atoms with Gasteiger partial charge in [0.15, 0.2) is 5.82 Å². The van der Waals surface area contributed by atoms with Crippen molar-refractivity contribution in [3.63, 3.8) is 0 Å². The van der Waals surface area contributed by atoms with Crippen molar-refractivity contribution in [2.24, 2.45) is 0 Å². The van der Waals surface area contributed by atoms with Gasteiger partial charge < -0.3 is 19.4 Å². The third-order valence-corrected chi connectivity index (χ3v) is 7.36. The molecule has 0 radical (unpaired) electrons. The van der Waals surface area contributed by atoms with Crippen molar-refractivity contribution in [2.75, 3.05) is 44.4 Å². The van der Waals surface area contributed by atoms with Crippen LogP contribution >= 0.6 is 11.6 Å². The minimum absolute atomic E-state index is 0.175. The number of rotatable bonds is 4. The van der Waals surface area contributed by atoms with E-state index < -0.39 is 0 Å². The van der Waals surface area contributed by atoms with E-state index in [1.54, 1.807) is 6.33 Å². The number of hydrogen-bond acceptors (Lipinski definition) is 7. The van der Waals surface area contributed by atoms with E-state index in [9.17, 15) is 0 Å². The lowest BCUT2D eigenvalue weighted by atomic mass is 10.1. The average Bonchev–Trinajstić information content (AvgIpc) is 3.70. The Kier molecular flexibility index (Phi) is 5.34. The molecule has 1 N–H and O–H groups in total. The minimum Gasteiger partial charge on any atom is -0.381 e. The number of nitrogens with one attached hydrogen (secondary N) is 1. The Balaban J connectivity index is 1.56. The summed E-state index contributed by atoms with van der Waals surface area (Å²) in [5, 5.41) is 9.99. The van der Waals surface area contributed by atoms with Crippen molar-refractivity contribution in [2.45, 2.75) is 12.3 Å². The van der Waals surface area contributed by atoms with E-state index in [0.29, 0.717) is 30.7 Å². The van der Waals surface area contributed by atoms with Crippen LogP contribution in [0, 0.1) is 0 Å². The van der Waals surface area contributed by atoms with Gasteiger partial charge in [-0.1, -0.05) is 23.7 Å². The molecule has 36 heavy (non-hydrogen) atoms. The summed E-state index contributed by atoms with van der Waals surface area (Å²) in [6.45, 7) is 4.42.